The van der Waals surface area contributed by atoms with E-state index in [0.29, 0.717) is 11.3 Å². The largest absolute Gasteiger partial charge is 0.451 e. The third-order valence-electron chi connectivity index (χ3n) is 3.72. The molecule has 1 aromatic heterocycles. The minimum atomic E-state index is -1.04. The minimum absolute atomic E-state index is 0.235. The van der Waals surface area contributed by atoms with Gasteiger partial charge in [0.15, 0.2) is 11.9 Å². The fourth-order valence-electron chi connectivity index (χ4n) is 2.08. The van der Waals surface area contributed by atoms with Crippen LogP contribution >= 0.6 is 0 Å². The van der Waals surface area contributed by atoms with Crippen molar-refractivity contribution in [3.8, 4) is 0 Å². The number of aromatic nitrogens is 1. The van der Waals surface area contributed by atoms with E-state index >= 15 is 0 Å². The Hall–Kier alpha value is -3.16. The van der Waals surface area contributed by atoms with Gasteiger partial charge in [0, 0.05) is 11.6 Å². The zero-order valence-corrected chi connectivity index (χ0v) is 15.1. The number of carbonyl (C=O) groups is 3. The number of anilines is 1. The molecule has 1 heterocycles. The van der Waals surface area contributed by atoms with Crippen LogP contribution in [0.5, 0.6) is 0 Å². The maximum absolute atomic E-state index is 12.1. The normalized spacial score (nSPS) is 11.5. The van der Waals surface area contributed by atoms with Crippen molar-refractivity contribution in [2.75, 3.05) is 11.9 Å². The monoisotopic (exact) mass is 359 g/mol. The number of hydrogen-bond donors (Lipinski definition) is 2. The summed E-state index contributed by atoms with van der Waals surface area (Å²) in [4.78, 5) is 35.8. The molecule has 2 aromatic rings. The van der Waals surface area contributed by atoms with E-state index in [9.17, 15) is 14.4 Å². The van der Waals surface area contributed by atoms with Crippen LogP contribution in [0.1, 0.15) is 34.2 Å². The molecule has 0 fully saturated rings. The summed E-state index contributed by atoms with van der Waals surface area (Å²) < 4.78 is 9.83. The lowest BCUT2D eigenvalue weighted by atomic mass is 10.1. The number of carbonyl (C=O) groups excluding carboxylic acids is 3. The number of benzene rings is 1. The van der Waals surface area contributed by atoms with Crippen LogP contribution < -0.4 is 10.6 Å². The van der Waals surface area contributed by atoms with Gasteiger partial charge in [-0.05, 0) is 51.0 Å². The standard InChI is InChI=1S/C18H21N3O5/c1-10-5-6-14(7-11(10)2)18(24)19-9-16(22)25-13(4)17(23)20-15-8-12(3)26-21-15/h5-8,13H,9H2,1-4H3,(H,19,24)(H,20,21,23)/t13-/m1/s1. The van der Waals surface area contributed by atoms with Gasteiger partial charge in [-0.15, -0.1) is 0 Å². The molecule has 138 valence electrons. The molecular formula is C18H21N3O5. The van der Waals surface area contributed by atoms with E-state index in [-0.39, 0.29) is 18.3 Å². The first-order chi connectivity index (χ1) is 12.3. The molecule has 2 rings (SSSR count). The van der Waals surface area contributed by atoms with Crippen LogP contribution in [0.3, 0.4) is 0 Å². The van der Waals surface area contributed by atoms with Crippen LogP contribution in [0, 0.1) is 20.8 Å². The summed E-state index contributed by atoms with van der Waals surface area (Å²) in [7, 11) is 0. The van der Waals surface area contributed by atoms with E-state index in [2.05, 4.69) is 15.8 Å². The van der Waals surface area contributed by atoms with Crippen molar-refractivity contribution in [2.24, 2.45) is 0 Å². The third-order valence-corrected chi connectivity index (χ3v) is 3.72. The summed E-state index contributed by atoms with van der Waals surface area (Å²) in [6.07, 6.45) is -1.04. The summed E-state index contributed by atoms with van der Waals surface area (Å²) in [5, 5.41) is 8.55. The summed E-state index contributed by atoms with van der Waals surface area (Å²) >= 11 is 0. The molecule has 0 saturated carbocycles. The van der Waals surface area contributed by atoms with Gasteiger partial charge in [0.2, 0.25) is 0 Å². The zero-order chi connectivity index (χ0) is 19.3. The van der Waals surface area contributed by atoms with Gasteiger partial charge in [0.1, 0.15) is 12.3 Å². The number of nitrogens with one attached hydrogen (secondary N) is 2. The first kappa shape index (κ1) is 19.2. The van der Waals surface area contributed by atoms with Crippen LogP contribution in [-0.4, -0.2) is 35.6 Å². The van der Waals surface area contributed by atoms with E-state index in [4.69, 9.17) is 9.26 Å². The highest BCUT2D eigenvalue weighted by molar-refractivity contribution is 5.97. The van der Waals surface area contributed by atoms with Crippen molar-refractivity contribution in [2.45, 2.75) is 33.8 Å². The Morgan fingerprint density at radius 1 is 1.15 bits per heavy atom. The van der Waals surface area contributed by atoms with Crippen LogP contribution in [0.4, 0.5) is 5.82 Å². The first-order valence-corrected chi connectivity index (χ1v) is 8.05. The predicted octanol–water partition coefficient (Wildman–Crippen LogP) is 1.90. The summed E-state index contributed by atoms with van der Waals surface area (Å²) in [6.45, 7) is 6.61. The highest BCUT2D eigenvalue weighted by Gasteiger charge is 2.19. The highest BCUT2D eigenvalue weighted by atomic mass is 16.5. The third kappa shape index (κ3) is 5.17. The van der Waals surface area contributed by atoms with Gasteiger partial charge < -0.3 is 19.9 Å². The summed E-state index contributed by atoms with van der Waals surface area (Å²) in [5.41, 5.74) is 2.50. The molecule has 26 heavy (non-hydrogen) atoms. The number of rotatable bonds is 6. The minimum Gasteiger partial charge on any atom is -0.451 e. The van der Waals surface area contributed by atoms with Crippen molar-refractivity contribution < 1.29 is 23.6 Å². The Bertz CT molecular complexity index is 828. The number of aryl methyl sites for hydroxylation is 3. The van der Waals surface area contributed by atoms with E-state index in [0.717, 1.165) is 11.1 Å². The van der Waals surface area contributed by atoms with Crippen molar-refractivity contribution in [3.05, 3.63) is 46.7 Å². The molecule has 0 unspecified atom stereocenters. The molecular weight excluding hydrogens is 338 g/mol. The Morgan fingerprint density at radius 2 is 1.88 bits per heavy atom. The molecule has 8 heteroatoms. The molecule has 0 aliphatic heterocycles. The van der Waals surface area contributed by atoms with E-state index in [1.165, 1.54) is 13.0 Å². The number of hydrogen-bond acceptors (Lipinski definition) is 6. The fraction of sp³-hybridized carbons (Fsp3) is 0.333. The lowest BCUT2D eigenvalue weighted by molar-refractivity contribution is -0.152. The van der Waals surface area contributed by atoms with Crippen molar-refractivity contribution in [1.82, 2.24) is 10.5 Å². The van der Waals surface area contributed by atoms with E-state index in [1.54, 1.807) is 19.1 Å². The van der Waals surface area contributed by atoms with Crippen LogP contribution in [0.2, 0.25) is 0 Å². The van der Waals surface area contributed by atoms with Gasteiger partial charge >= 0.3 is 5.97 Å². The number of amides is 2. The Balaban J connectivity index is 1.80. The Kier molecular flexibility index (Phi) is 6.11. The second-order valence-electron chi connectivity index (χ2n) is 5.93. The van der Waals surface area contributed by atoms with Crippen LogP contribution in [-0.2, 0) is 14.3 Å². The SMILES string of the molecule is Cc1cc(NC(=O)[C@@H](C)OC(=O)CNC(=O)c2ccc(C)c(C)c2)no1. The Morgan fingerprint density at radius 3 is 2.50 bits per heavy atom. The van der Waals surface area contributed by atoms with Gasteiger partial charge in [-0.3, -0.25) is 14.4 Å². The molecule has 1 aromatic carbocycles. The van der Waals surface area contributed by atoms with Gasteiger partial charge in [-0.25, -0.2) is 0 Å². The zero-order valence-electron chi connectivity index (χ0n) is 15.1. The molecule has 0 spiro atoms. The number of nitrogens with zero attached hydrogens (tertiary/aromatic N) is 1. The van der Waals surface area contributed by atoms with Crippen LogP contribution in [0.25, 0.3) is 0 Å². The lowest BCUT2D eigenvalue weighted by Crippen LogP contribution is -2.35. The van der Waals surface area contributed by atoms with Crippen LogP contribution in [0.15, 0.2) is 28.8 Å². The lowest BCUT2D eigenvalue weighted by Gasteiger charge is -2.13. The van der Waals surface area contributed by atoms with Crippen molar-refractivity contribution in [1.29, 1.82) is 0 Å². The molecule has 0 aliphatic rings. The van der Waals surface area contributed by atoms with Crippen molar-refractivity contribution in [3.63, 3.8) is 0 Å². The summed E-state index contributed by atoms with van der Waals surface area (Å²) in [5.74, 6) is -0.883. The average molecular weight is 359 g/mol. The molecule has 0 aliphatic carbocycles. The van der Waals surface area contributed by atoms with Crippen molar-refractivity contribution >= 4 is 23.6 Å². The quantitative estimate of drug-likeness (QED) is 0.762. The molecule has 2 amide bonds. The summed E-state index contributed by atoms with van der Waals surface area (Å²) in [6, 6.07) is 6.79. The molecule has 8 nitrogen and oxygen atoms in total. The maximum Gasteiger partial charge on any atom is 0.326 e. The second kappa shape index (κ2) is 8.28. The average Bonchev–Trinajstić information content (AvgIpc) is 2.99. The second-order valence-corrected chi connectivity index (χ2v) is 5.93. The number of ether oxygens (including phenoxy) is 1. The van der Waals surface area contributed by atoms with Gasteiger partial charge in [-0.2, -0.15) is 0 Å². The van der Waals surface area contributed by atoms with E-state index < -0.39 is 18.0 Å². The highest BCUT2D eigenvalue weighted by Crippen LogP contribution is 2.10. The fourth-order valence-corrected chi connectivity index (χ4v) is 2.08. The smallest absolute Gasteiger partial charge is 0.326 e. The maximum atomic E-state index is 12.1. The molecule has 0 radical (unpaired) electrons. The van der Waals surface area contributed by atoms with Gasteiger partial charge in [0.25, 0.3) is 11.8 Å². The van der Waals surface area contributed by atoms with Gasteiger partial charge in [0.05, 0.1) is 0 Å². The topological polar surface area (TPSA) is 111 Å². The van der Waals surface area contributed by atoms with Gasteiger partial charge in [-0.1, -0.05) is 11.2 Å². The molecule has 0 bridgehead atoms. The van der Waals surface area contributed by atoms with E-state index in [1.807, 2.05) is 19.9 Å². The first-order valence-electron chi connectivity index (χ1n) is 8.05. The predicted molar refractivity (Wildman–Crippen MR) is 93.7 cm³/mol. The molecule has 0 saturated heterocycles. The Labute approximate surface area is 150 Å². The molecule has 1 atom stereocenters. The number of esters is 1. The molecule has 2 N–H and O–H groups in total.